The van der Waals surface area contributed by atoms with Gasteiger partial charge in [-0.3, -0.25) is 19.4 Å². The third-order valence-corrected chi connectivity index (χ3v) is 8.29. The Bertz CT molecular complexity index is 2160. The summed E-state index contributed by atoms with van der Waals surface area (Å²) in [5.74, 6) is -1.19. The van der Waals surface area contributed by atoms with Crippen molar-refractivity contribution in [3.05, 3.63) is 161 Å². The molecule has 2 aliphatic heterocycles. The van der Waals surface area contributed by atoms with Gasteiger partial charge in [0.2, 0.25) is 0 Å². The second-order valence-electron chi connectivity index (χ2n) is 11.5. The molecule has 3 heterocycles. The molecule has 0 unspecified atom stereocenters. The van der Waals surface area contributed by atoms with Crippen molar-refractivity contribution in [1.82, 2.24) is 15.6 Å². The molecular formula is C39H30N6O4. The van der Waals surface area contributed by atoms with Gasteiger partial charge in [-0.1, -0.05) is 72.8 Å². The number of aromatic nitrogens is 1. The van der Waals surface area contributed by atoms with Gasteiger partial charge in [0, 0.05) is 29.2 Å². The molecule has 1 fully saturated rings. The summed E-state index contributed by atoms with van der Waals surface area (Å²) in [5, 5.41) is 12.0. The number of imide groups is 1. The lowest BCUT2D eigenvalue weighted by molar-refractivity contribution is -0.114. The van der Waals surface area contributed by atoms with Gasteiger partial charge in [-0.05, 0) is 72.2 Å². The summed E-state index contributed by atoms with van der Waals surface area (Å²) >= 11 is 0. The molecule has 1 aromatic heterocycles. The van der Waals surface area contributed by atoms with Gasteiger partial charge in [-0.25, -0.2) is 9.69 Å². The normalized spacial score (nSPS) is 16.1. The van der Waals surface area contributed by atoms with Crippen LogP contribution in [-0.4, -0.2) is 28.7 Å². The average molecular weight is 647 g/mol. The maximum atomic E-state index is 13.7. The van der Waals surface area contributed by atoms with Gasteiger partial charge in [0.05, 0.1) is 28.7 Å². The Balaban J connectivity index is 1.27. The maximum Gasteiger partial charge on any atom is 0.333 e. The first-order valence-corrected chi connectivity index (χ1v) is 15.6. The van der Waals surface area contributed by atoms with Crippen LogP contribution in [0.4, 0.5) is 21.9 Å². The number of pyridine rings is 1. The fourth-order valence-electron chi connectivity index (χ4n) is 5.83. The molecule has 240 valence electrons. The highest BCUT2D eigenvalue weighted by Gasteiger charge is 2.37. The van der Waals surface area contributed by atoms with Gasteiger partial charge in [-0.15, -0.1) is 0 Å². The van der Waals surface area contributed by atoms with Crippen LogP contribution in [0.3, 0.4) is 0 Å². The minimum Gasteiger partial charge on any atom is -0.353 e. The lowest BCUT2D eigenvalue weighted by Crippen LogP contribution is -2.31. The first kappa shape index (κ1) is 30.8. The number of hydrogen-bond acceptors (Lipinski definition) is 6. The Morgan fingerprint density at radius 2 is 1.49 bits per heavy atom. The number of nitrogens with one attached hydrogen (secondary N) is 4. The van der Waals surface area contributed by atoms with E-state index in [-0.39, 0.29) is 23.6 Å². The van der Waals surface area contributed by atoms with Crippen molar-refractivity contribution in [2.45, 2.75) is 13.0 Å². The van der Waals surface area contributed by atoms with Crippen molar-refractivity contribution in [2.75, 3.05) is 15.5 Å². The Hall–Kier alpha value is -6.81. The number of carbonyl (C=O) groups excluding carboxylic acids is 4. The number of amides is 5. The minimum atomic E-state index is -0.613. The molecule has 7 rings (SSSR count). The number of rotatable bonds is 8. The average Bonchev–Trinajstić information content (AvgIpc) is 3.60. The van der Waals surface area contributed by atoms with Gasteiger partial charge < -0.3 is 21.3 Å². The number of carbonyl (C=O) groups is 4. The highest BCUT2D eigenvalue weighted by atomic mass is 16.2. The van der Waals surface area contributed by atoms with Gasteiger partial charge in [-0.2, -0.15) is 0 Å². The van der Waals surface area contributed by atoms with Crippen LogP contribution in [0.1, 0.15) is 45.6 Å². The predicted octanol–water partition coefficient (Wildman–Crippen LogP) is 6.60. The zero-order chi connectivity index (χ0) is 33.9. The maximum absolute atomic E-state index is 13.7. The van der Waals surface area contributed by atoms with E-state index >= 15 is 0 Å². The summed E-state index contributed by atoms with van der Waals surface area (Å²) in [4.78, 5) is 59.0. The molecule has 0 radical (unpaired) electrons. The van der Waals surface area contributed by atoms with Gasteiger partial charge in [0.25, 0.3) is 17.7 Å². The van der Waals surface area contributed by atoms with Crippen molar-refractivity contribution in [3.63, 3.8) is 0 Å². The van der Waals surface area contributed by atoms with E-state index < -0.39 is 11.9 Å². The molecule has 2 aliphatic rings. The van der Waals surface area contributed by atoms with E-state index in [1.807, 2.05) is 67.6 Å². The number of hydrogen-bond donors (Lipinski definition) is 4. The monoisotopic (exact) mass is 646 g/mol. The standard InChI is InChI=1S/C39H30N6O4/c1-24(26-10-4-2-5-11-26)41-36(46)28-16-17-30-29(23-28)34(37(47)43-30)35(27-12-6-3-7-13-27)42-31-14-8-9-15-33(31)45-38(48)32(44-39(45)49)22-25-18-20-40-21-19-25/h2-24,42H,1H3,(H,41,46)(H,43,47)(H,44,49)/b32-22-,35-34-/t24-/m1/s1. The molecular weight excluding hydrogens is 616 g/mol. The molecule has 10 nitrogen and oxygen atoms in total. The van der Waals surface area contributed by atoms with E-state index in [0.29, 0.717) is 50.6 Å². The molecule has 5 aromatic rings. The van der Waals surface area contributed by atoms with Crippen LogP contribution in [0.5, 0.6) is 0 Å². The van der Waals surface area contributed by atoms with Gasteiger partial charge in [0.1, 0.15) is 5.70 Å². The quantitative estimate of drug-likeness (QED) is 0.111. The fourth-order valence-corrected chi connectivity index (χ4v) is 5.83. The van der Waals surface area contributed by atoms with Gasteiger partial charge in [0.15, 0.2) is 0 Å². The Morgan fingerprint density at radius 1 is 0.796 bits per heavy atom. The summed E-state index contributed by atoms with van der Waals surface area (Å²) in [6.07, 6.45) is 4.78. The first-order chi connectivity index (χ1) is 23.9. The van der Waals surface area contributed by atoms with Crippen LogP contribution in [0.25, 0.3) is 17.3 Å². The highest BCUT2D eigenvalue weighted by molar-refractivity contribution is 6.38. The van der Waals surface area contributed by atoms with Crippen LogP contribution in [0, 0.1) is 0 Å². The van der Waals surface area contributed by atoms with Crippen molar-refractivity contribution in [1.29, 1.82) is 0 Å². The Kier molecular flexibility index (Phi) is 8.26. The number of urea groups is 1. The number of benzene rings is 4. The molecule has 5 amide bonds. The van der Waals surface area contributed by atoms with Crippen molar-refractivity contribution >= 4 is 58.2 Å². The molecule has 0 bridgehead atoms. The number of anilines is 3. The van der Waals surface area contributed by atoms with E-state index in [1.54, 1.807) is 73.1 Å². The van der Waals surface area contributed by atoms with Crippen LogP contribution < -0.4 is 26.2 Å². The summed E-state index contributed by atoms with van der Waals surface area (Å²) in [6.45, 7) is 1.91. The van der Waals surface area contributed by atoms with Crippen molar-refractivity contribution < 1.29 is 19.2 Å². The molecule has 1 atom stereocenters. The lowest BCUT2D eigenvalue weighted by atomic mass is 9.98. The summed E-state index contributed by atoms with van der Waals surface area (Å²) < 4.78 is 0. The zero-order valence-electron chi connectivity index (χ0n) is 26.3. The topological polar surface area (TPSA) is 133 Å². The lowest BCUT2D eigenvalue weighted by Gasteiger charge is -2.21. The molecule has 4 aromatic carbocycles. The van der Waals surface area contributed by atoms with Crippen molar-refractivity contribution in [3.8, 4) is 0 Å². The molecule has 10 heteroatoms. The van der Waals surface area contributed by atoms with Crippen LogP contribution in [-0.2, 0) is 9.59 Å². The highest BCUT2D eigenvalue weighted by Crippen LogP contribution is 2.40. The Morgan fingerprint density at radius 3 is 2.24 bits per heavy atom. The minimum absolute atomic E-state index is 0.115. The van der Waals surface area contributed by atoms with E-state index in [0.717, 1.165) is 10.5 Å². The van der Waals surface area contributed by atoms with E-state index in [2.05, 4.69) is 26.3 Å². The molecule has 0 spiro atoms. The fraction of sp³-hybridized carbons (Fsp3) is 0.0513. The number of nitrogens with zero attached hydrogens (tertiary/aromatic N) is 2. The predicted molar refractivity (Wildman–Crippen MR) is 189 cm³/mol. The second-order valence-corrected chi connectivity index (χ2v) is 11.5. The number of fused-ring (bicyclic) bond motifs is 1. The zero-order valence-corrected chi connectivity index (χ0v) is 26.3. The van der Waals surface area contributed by atoms with Crippen LogP contribution in [0.15, 0.2) is 133 Å². The molecule has 49 heavy (non-hydrogen) atoms. The van der Waals surface area contributed by atoms with E-state index in [9.17, 15) is 19.2 Å². The van der Waals surface area contributed by atoms with Gasteiger partial charge >= 0.3 is 6.03 Å². The largest absolute Gasteiger partial charge is 0.353 e. The Labute approximate surface area is 282 Å². The summed E-state index contributed by atoms with van der Waals surface area (Å²) in [5.41, 5.74) is 5.37. The molecule has 0 saturated carbocycles. The van der Waals surface area contributed by atoms with Crippen LogP contribution in [0.2, 0.25) is 0 Å². The molecule has 1 saturated heterocycles. The smallest absolute Gasteiger partial charge is 0.333 e. The summed E-state index contributed by atoms with van der Waals surface area (Å²) in [6, 6.07) is 33.5. The van der Waals surface area contributed by atoms with E-state index in [1.165, 1.54) is 0 Å². The third kappa shape index (κ3) is 6.18. The SMILES string of the molecule is C[C@@H](NC(=O)c1ccc2c(c1)/C(=C(/Nc1ccccc1N1C(=O)N/C(=C\c3ccncc3)C1=O)c1ccccc1)C(=O)N2)c1ccccc1. The third-order valence-electron chi connectivity index (χ3n) is 8.29. The van der Waals surface area contributed by atoms with Crippen LogP contribution >= 0.6 is 0 Å². The van der Waals surface area contributed by atoms with Crippen molar-refractivity contribution in [2.24, 2.45) is 0 Å². The summed E-state index contributed by atoms with van der Waals surface area (Å²) in [7, 11) is 0. The molecule has 4 N–H and O–H groups in total. The van der Waals surface area contributed by atoms with E-state index in [4.69, 9.17) is 0 Å². The first-order valence-electron chi connectivity index (χ1n) is 15.6. The number of para-hydroxylation sites is 2. The molecule has 0 aliphatic carbocycles. The second kappa shape index (κ2) is 13.1.